The van der Waals surface area contributed by atoms with Crippen LogP contribution in [0.5, 0.6) is 0 Å². The standard InChI is InChI=1S/C27H21N3O3/c1-14-10-24(28)30-15(2)22(14)13-29-27(31)17-6-8-19-21(12-17)26-18-7-5-16(23-4-3-9-32-23)11-20(18)25(19)33-26/h3-12H,13H2,1-2H3,(H2,28,30)(H,29,31). The minimum atomic E-state index is -0.143. The minimum Gasteiger partial charge on any atom is -0.464 e. The number of hydrogen-bond donors (Lipinski definition) is 2. The molecule has 0 spiro atoms. The topological polar surface area (TPSA) is 94.3 Å². The fourth-order valence-electron chi connectivity index (χ4n) is 4.64. The summed E-state index contributed by atoms with van der Waals surface area (Å²) in [5, 5.41) is 7.03. The van der Waals surface area contributed by atoms with Gasteiger partial charge in [-0.15, -0.1) is 0 Å². The lowest BCUT2D eigenvalue weighted by molar-refractivity contribution is 0.0951. The first-order valence-corrected chi connectivity index (χ1v) is 10.8. The molecule has 3 N–H and O–H groups in total. The zero-order valence-electron chi connectivity index (χ0n) is 18.2. The summed E-state index contributed by atoms with van der Waals surface area (Å²) in [6.07, 6.45) is 1.67. The van der Waals surface area contributed by atoms with E-state index in [0.29, 0.717) is 17.9 Å². The zero-order valence-corrected chi connectivity index (χ0v) is 18.2. The van der Waals surface area contributed by atoms with Crippen molar-refractivity contribution < 1.29 is 13.6 Å². The summed E-state index contributed by atoms with van der Waals surface area (Å²) in [6.45, 7) is 4.26. The van der Waals surface area contributed by atoms with E-state index in [4.69, 9.17) is 14.6 Å². The number of aryl methyl sites for hydroxylation is 2. The van der Waals surface area contributed by atoms with Crippen LogP contribution in [-0.2, 0) is 6.54 Å². The van der Waals surface area contributed by atoms with E-state index in [-0.39, 0.29) is 5.91 Å². The number of amides is 1. The second-order valence-corrected chi connectivity index (χ2v) is 8.37. The first kappa shape index (κ1) is 19.4. The first-order chi connectivity index (χ1) is 16.0. The van der Waals surface area contributed by atoms with Gasteiger partial charge in [0.2, 0.25) is 0 Å². The van der Waals surface area contributed by atoms with Gasteiger partial charge in [-0.05, 0) is 73.5 Å². The van der Waals surface area contributed by atoms with Gasteiger partial charge >= 0.3 is 0 Å². The van der Waals surface area contributed by atoms with Crippen LogP contribution >= 0.6 is 0 Å². The van der Waals surface area contributed by atoms with Crippen LogP contribution < -0.4 is 11.1 Å². The second-order valence-electron chi connectivity index (χ2n) is 8.37. The van der Waals surface area contributed by atoms with Crippen LogP contribution in [0.3, 0.4) is 0 Å². The molecule has 6 aromatic rings. The molecule has 0 saturated carbocycles. The van der Waals surface area contributed by atoms with Crippen molar-refractivity contribution in [3.05, 3.63) is 83.2 Å². The Morgan fingerprint density at radius 2 is 1.73 bits per heavy atom. The highest BCUT2D eigenvalue weighted by atomic mass is 16.3. The molecular weight excluding hydrogens is 414 g/mol. The lowest BCUT2D eigenvalue weighted by atomic mass is 9.99. The van der Waals surface area contributed by atoms with Crippen molar-refractivity contribution in [1.29, 1.82) is 0 Å². The molecule has 2 aromatic carbocycles. The SMILES string of the molecule is Cc1cc(N)nc(C)c1CNC(=O)c1ccc2c(c1)c1oc2c2cc(-c3ccco3)ccc21. The van der Waals surface area contributed by atoms with Crippen LogP contribution in [0.1, 0.15) is 27.2 Å². The monoisotopic (exact) mass is 435 g/mol. The number of pyridine rings is 1. The minimum absolute atomic E-state index is 0.143. The number of furan rings is 3. The van der Waals surface area contributed by atoms with Crippen LogP contribution in [0.2, 0.25) is 0 Å². The van der Waals surface area contributed by atoms with E-state index in [9.17, 15) is 4.79 Å². The van der Waals surface area contributed by atoms with Gasteiger partial charge in [0.15, 0.2) is 0 Å². The largest absolute Gasteiger partial charge is 0.464 e. The lowest BCUT2D eigenvalue weighted by Gasteiger charge is -2.11. The predicted molar refractivity (Wildman–Crippen MR) is 129 cm³/mol. The maximum Gasteiger partial charge on any atom is 0.251 e. The number of fused-ring (bicyclic) bond motifs is 8. The Labute approximate surface area is 189 Å². The van der Waals surface area contributed by atoms with E-state index in [1.54, 1.807) is 6.26 Å². The number of anilines is 1. The predicted octanol–water partition coefficient (Wildman–Crippen LogP) is 5.96. The molecule has 0 radical (unpaired) electrons. The average molecular weight is 435 g/mol. The highest BCUT2D eigenvalue weighted by Crippen LogP contribution is 2.42. The number of carbonyl (C=O) groups is 1. The summed E-state index contributed by atoms with van der Waals surface area (Å²) in [6, 6.07) is 17.5. The number of nitrogens with one attached hydrogen (secondary N) is 1. The van der Waals surface area contributed by atoms with Crippen molar-refractivity contribution in [2.45, 2.75) is 20.4 Å². The van der Waals surface area contributed by atoms with E-state index in [1.807, 2.05) is 62.4 Å². The molecule has 0 atom stereocenters. The van der Waals surface area contributed by atoms with Gasteiger partial charge in [0.25, 0.3) is 5.91 Å². The molecule has 0 saturated heterocycles. The maximum absolute atomic E-state index is 12.9. The van der Waals surface area contributed by atoms with Gasteiger partial charge in [0.1, 0.15) is 22.7 Å². The Morgan fingerprint density at radius 1 is 0.970 bits per heavy atom. The number of benzene rings is 3. The van der Waals surface area contributed by atoms with Crippen LogP contribution in [0.15, 0.2) is 69.7 Å². The summed E-state index contributed by atoms with van der Waals surface area (Å²) in [5.41, 5.74) is 11.8. The number of nitrogens with zero attached hydrogens (tertiary/aromatic N) is 1. The third-order valence-electron chi connectivity index (χ3n) is 6.29. The number of aromatic nitrogens is 1. The van der Waals surface area contributed by atoms with Gasteiger partial charge in [0.05, 0.1) is 6.26 Å². The summed E-state index contributed by atoms with van der Waals surface area (Å²) >= 11 is 0. The average Bonchev–Trinajstić information content (AvgIpc) is 3.53. The smallest absolute Gasteiger partial charge is 0.251 e. The number of nitrogens with two attached hydrogens (primary N) is 1. The molecule has 0 aliphatic heterocycles. The van der Waals surface area contributed by atoms with E-state index in [0.717, 1.165) is 60.9 Å². The quantitative estimate of drug-likeness (QED) is 0.333. The molecule has 0 aliphatic rings. The number of hydrogen-bond acceptors (Lipinski definition) is 5. The molecule has 0 aliphatic carbocycles. The molecule has 162 valence electrons. The van der Waals surface area contributed by atoms with E-state index >= 15 is 0 Å². The van der Waals surface area contributed by atoms with Gasteiger partial charge < -0.3 is 19.9 Å². The van der Waals surface area contributed by atoms with Gasteiger partial charge in [-0.2, -0.15) is 0 Å². The fraction of sp³-hybridized carbons (Fsp3) is 0.111. The third-order valence-corrected chi connectivity index (χ3v) is 6.29. The van der Waals surface area contributed by atoms with Crippen molar-refractivity contribution in [3.63, 3.8) is 0 Å². The Balaban J connectivity index is 1.33. The molecule has 33 heavy (non-hydrogen) atoms. The summed E-state index contributed by atoms with van der Waals surface area (Å²) in [4.78, 5) is 17.2. The molecule has 0 fully saturated rings. The molecule has 6 rings (SSSR count). The van der Waals surface area contributed by atoms with Crippen LogP contribution in [0, 0.1) is 13.8 Å². The van der Waals surface area contributed by atoms with Crippen molar-refractivity contribution in [1.82, 2.24) is 10.3 Å². The van der Waals surface area contributed by atoms with Gasteiger partial charge in [-0.25, -0.2) is 4.98 Å². The Bertz CT molecular complexity index is 1640. The zero-order chi connectivity index (χ0) is 22.7. The van der Waals surface area contributed by atoms with Gasteiger partial charge in [0, 0.05) is 44.9 Å². The normalized spacial score (nSPS) is 11.7. The molecule has 4 heterocycles. The van der Waals surface area contributed by atoms with Crippen LogP contribution in [0.4, 0.5) is 5.82 Å². The van der Waals surface area contributed by atoms with Gasteiger partial charge in [-0.1, -0.05) is 6.07 Å². The van der Waals surface area contributed by atoms with Crippen LogP contribution in [-0.4, -0.2) is 10.9 Å². The van der Waals surface area contributed by atoms with Crippen molar-refractivity contribution >= 4 is 44.4 Å². The van der Waals surface area contributed by atoms with E-state index in [1.165, 1.54) is 0 Å². The highest BCUT2D eigenvalue weighted by molar-refractivity contribution is 6.26. The Hall–Kier alpha value is -4.32. The number of nitrogen functional groups attached to an aromatic ring is 1. The van der Waals surface area contributed by atoms with E-state index < -0.39 is 0 Å². The molecular formula is C27H21N3O3. The summed E-state index contributed by atoms with van der Waals surface area (Å²) < 4.78 is 11.7. The summed E-state index contributed by atoms with van der Waals surface area (Å²) in [7, 11) is 0. The Kier molecular flexibility index (Phi) is 4.17. The third kappa shape index (κ3) is 3.03. The van der Waals surface area contributed by atoms with Gasteiger partial charge in [-0.3, -0.25) is 4.79 Å². The second kappa shape index (κ2) is 7.10. The van der Waals surface area contributed by atoms with Crippen molar-refractivity contribution in [3.8, 4) is 11.3 Å². The molecule has 6 heteroatoms. The van der Waals surface area contributed by atoms with Crippen molar-refractivity contribution in [2.24, 2.45) is 0 Å². The summed E-state index contributed by atoms with van der Waals surface area (Å²) in [5.74, 6) is 1.16. The van der Waals surface area contributed by atoms with Crippen molar-refractivity contribution in [2.75, 3.05) is 5.73 Å². The lowest BCUT2D eigenvalue weighted by Crippen LogP contribution is -2.24. The maximum atomic E-state index is 12.9. The number of rotatable bonds is 4. The molecule has 4 aromatic heterocycles. The molecule has 0 unspecified atom stereocenters. The van der Waals surface area contributed by atoms with E-state index in [2.05, 4.69) is 16.4 Å². The van der Waals surface area contributed by atoms with Crippen LogP contribution in [0.25, 0.3) is 44.0 Å². The molecule has 2 bridgehead atoms. The molecule has 6 nitrogen and oxygen atoms in total. The first-order valence-electron chi connectivity index (χ1n) is 10.8. The fourth-order valence-corrected chi connectivity index (χ4v) is 4.64. The molecule has 1 amide bonds. The highest BCUT2D eigenvalue weighted by Gasteiger charge is 2.20. The number of carbonyl (C=O) groups excluding carboxylic acids is 1. The Morgan fingerprint density at radius 3 is 2.45 bits per heavy atom.